The molecule has 0 aliphatic heterocycles. The molecule has 0 unspecified atom stereocenters. The predicted octanol–water partition coefficient (Wildman–Crippen LogP) is 6.59. The summed E-state index contributed by atoms with van der Waals surface area (Å²) in [5.41, 5.74) is 9.59. The van der Waals surface area contributed by atoms with Crippen LogP contribution in [0.3, 0.4) is 0 Å². The number of hydrogen-bond acceptors (Lipinski definition) is 0. The Balaban J connectivity index is 1.80. The quantitative estimate of drug-likeness (QED) is 0.330. The van der Waals surface area contributed by atoms with Gasteiger partial charge in [0.1, 0.15) is 0 Å². The zero-order valence-electron chi connectivity index (χ0n) is 16.1. The van der Waals surface area contributed by atoms with Crippen molar-refractivity contribution >= 4 is 14.5 Å². The molecule has 4 aromatic rings. The van der Waals surface area contributed by atoms with Crippen molar-refractivity contribution in [3.05, 3.63) is 107 Å². The maximum atomic E-state index is 2.45. The Bertz CT molecular complexity index is 1070. The molecular weight excluding hydrogens is 391 g/mol. The maximum absolute atomic E-state index is 2.45. The first-order valence-electron chi connectivity index (χ1n) is 9.41. The molecule has 1 aromatic heterocycles. The summed E-state index contributed by atoms with van der Waals surface area (Å²) in [4.78, 5) is 0. The predicted molar refractivity (Wildman–Crippen MR) is 118 cm³/mol. The molecule has 0 fully saturated rings. The topological polar surface area (TPSA) is 0 Å². The molecule has 1 heteroatoms. The third-order valence-electron chi connectivity index (χ3n) is 4.90. The molecule has 0 atom stereocenters. The molecule has 4 rings (SSSR count). The molecule has 0 N–H and O–H groups in total. The Kier molecular flexibility index (Phi) is 5.16. The number of rotatable bonds is 4. The van der Waals surface area contributed by atoms with Crippen LogP contribution >= 0.6 is 0 Å². The van der Waals surface area contributed by atoms with Crippen molar-refractivity contribution in [3.8, 4) is 20.0 Å². The van der Waals surface area contributed by atoms with E-state index in [2.05, 4.69) is 99.6 Å². The molecule has 0 saturated heterocycles. The van der Waals surface area contributed by atoms with Crippen molar-refractivity contribution in [2.24, 2.45) is 0 Å². The van der Waals surface area contributed by atoms with Crippen LogP contribution in [-0.4, -0.2) is 14.5 Å². The van der Waals surface area contributed by atoms with Crippen LogP contribution in [0.25, 0.3) is 20.0 Å². The second-order valence-corrected chi connectivity index (χ2v) is 9.57. The minimum absolute atomic E-state index is 0.336. The molecule has 1 heterocycles. The van der Waals surface area contributed by atoms with E-state index in [1.165, 1.54) is 47.8 Å². The van der Waals surface area contributed by atoms with Crippen LogP contribution in [-0.2, 0) is 6.42 Å². The molecule has 134 valence electrons. The summed E-state index contributed by atoms with van der Waals surface area (Å²) in [7, 11) is 0. The van der Waals surface area contributed by atoms with Gasteiger partial charge in [-0.25, -0.2) is 0 Å². The van der Waals surface area contributed by atoms with Crippen molar-refractivity contribution < 1.29 is 0 Å². The number of aryl methyl sites for hydroxylation is 3. The van der Waals surface area contributed by atoms with E-state index in [1.807, 2.05) is 0 Å². The molecule has 0 amide bonds. The van der Waals surface area contributed by atoms with Gasteiger partial charge >= 0.3 is 168 Å². The molecule has 0 aliphatic carbocycles. The number of hydrogen-bond donors (Lipinski definition) is 0. The fourth-order valence-corrected chi connectivity index (χ4v) is 5.97. The van der Waals surface area contributed by atoms with Crippen LogP contribution in [0.5, 0.6) is 0 Å². The summed E-state index contributed by atoms with van der Waals surface area (Å²) in [6, 6.07) is 29.3. The van der Waals surface area contributed by atoms with Gasteiger partial charge in [-0.3, -0.25) is 0 Å². The van der Waals surface area contributed by atoms with E-state index >= 15 is 0 Å². The summed E-state index contributed by atoms with van der Waals surface area (Å²) in [6.07, 6.45) is 1.00. The van der Waals surface area contributed by atoms with E-state index in [1.54, 1.807) is 0 Å². The van der Waals surface area contributed by atoms with Gasteiger partial charge in [0.05, 0.1) is 0 Å². The summed E-state index contributed by atoms with van der Waals surface area (Å²) in [5, 5.41) is 0. The monoisotopic (exact) mass is 416 g/mol. The standard InChI is InChI=1S/C26H24Se/c1-18-10-12-22(13-11-18)26-24(16-21-8-4-6-19(2)14-21)17-25(27-26)23-9-5-7-20(3)15-23/h4-15,17H,16H2,1-3H3. The van der Waals surface area contributed by atoms with Gasteiger partial charge in [0, 0.05) is 0 Å². The summed E-state index contributed by atoms with van der Waals surface area (Å²) in [6.45, 7) is 6.50. The van der Waals surface area contributed by atoms with Crippen LogP contribution in [0.2, 0.25) is 0 Å². The third-order valence-corrected chi connectivity index (χ3v) is 7.58. The van der Waals surface area contributed by atoms with Crippen LogP contribution in [0.15, 0.2) is 78.9 Å². The van der Waals surface area contributed by atoms with Crippen molar-refractivity contribution in [1.82, 2.24) is 0 Å². The van der Waals surface area contributed by atoms with E-state index in [9.17, 15) is 0 Å². The van der Waals surface area contributed by atoms with Gasteiger partial charge < -0.3 is 0 Å². The SMILES string of the molecule is Cc1ccc(-c2[se]c(-c3cccc(C)c3)cc2Cc2cccc(C)c2)cc1. The zero-order valence-corrected chi connectivity index (χ0v) is 17.8. The van der Waals surface area contributed by atoms with Gasteiger partial charge in [-0.15, -0.1) is 0 Å². The van der Waals surface area contributed by atoms with Crippen LogP contribution in [0.1, 0.15) is 27.8 Å². The van der Waals surface area contributed by atoms with Gasteiger partial charge in [-0.2, -0.15) is 0 Å². The van der Waals surface area contributed by atoms with Crippen molar-refractivity contribution in [1.29, 1.82) is 0 Å². The van der Waals surface area contributed by atoms with Gasteiger partial charge in [-0.05, 0) is 0 Å². The molecular formula is C26H24Se. The molecule has 0 bridgehead atoms. The summed E-state index contributed by atoms with van der Waals surface area (Å²) >= 11 is 0.336. The molecule has 0 aliphatic rings. The Morgan fingerprint density at radius 3 is 2.04 bits per heavy atom. The molecule has 3 aromatic carbocycles. The van der Waals surface area contributed by atoms with Gasteiger partial charge in [0.25, 0.3) is 0 Å². The molecule has 27 heavy (non-hydrogen) atoms. The Labute approximate surface area is 168 Å². The first-order valence-corrected chi connectivity index (χ1v) is 11.1. The summed E-state index contributed by atoms with van der Waals surface area (Å²) in [5.74, 6) is 0. The zero-order chi connectivity index (χ0) is 18.8. The molecule has 0 saturated carbocycles. The number of benzene rings is 3. The fraction of sp³-hybridized carbons (Fsp3) is 0.154. The first-order chi connectivity index (χ1) is 13.1. The van der Waals surface area contributed by atoms with E-state index in [0.29, 0.717) is 14.5 Å². The average Bonchev–Trinajstić information content (AvgIpc) is 3.06. The van der Waals surface area contributed by atoms with Crippen molar-refractivity contribution in [2.75, 3.05) is 0 Å². The summed E-state index contributed by atoms with van der Waals surface area (Å²) < 4.78 is 3.02. The Hall–Kier alpha value is -2.34. The van der Waals surface area contributed by atoms with Crippen LogP contribution < -0.4 is 0 Å². The van der Waals surface area contributed by atoms with Crippen molar-refractivity contribution in [2.45, 2.75) is 27.2 Å². The normalized spacial score (nSPS) is 10.9. The van der Waals surface area contributed by atoms with E-state index in [-0.39, 0.29) is 0 Å². The van der Waals surface area contributed by atoms with Crippen LogP contribution in [0.4, 0.5) is 0 Å². The average molecular weight is 415 g/mol. The molecule has 0 radical (unpaired) electrons. The van der Waals surface area contributed by atoms with E-state index < -0.39 is 0 Å². The molecule has 0 nitrogen and oxygen atoms in total. The van der Waals surface area contributed by atoms with Gasteiger partial charge in [0.15, 0.2) is 0 Å². The van der Waals surface area contributed by atoms with Gasteiger partial charge in [0.2, 0.25) is 0 Å². The van der Waals surface area contributed by atoms with Crippen LogP contribution in [0, 0.1) is 20.8 Å². The second kappa shape index (κ2) is 7.72. The fourth-order valence-electron chi connectivity index (χ4n) is 3.49. The van der Waals surface area contributed by atoms with Gasteiger partial charge in [-0.1, -0.05) is 0 Å². The van der Waals surface area contributed by atoms with Crippen molar-refractivity contribution in [3.63, 3.8) is 0 Å². The third kappa shape index (κ3) is 4.16. The van der Waals surface area contributed by atoms with E-state index in [4.69, 9.17) is 0 Å². The molecule has 0 spiro atoms. The Morgan fingerprint density at radius 1 is 0.630 bits per heavy atom. The Morgan fingerprint density at radius 2 is 1.33 bits per heavy atom. The minimum atomic E-state index is 0.336. The first kappa shape index (κ1) is 18.0. The second-order valence-electron chi connectivity index (χ2n) is 7.37. The van der Waals surface area contributed by atoms with E-state index in [0.717, 1.165) is 6.42 Å².